The minimum absolute atomic E-state index is 0.0223. The molecule has 0 aromatic heterocycles. The maximum atomic E-state index is 13.9. The lowest BCUT2D eigenvalue weighted by Crippen LogP contribution is -2.58. The normalized spacial score (nSPS) is 34.4. The Morgan fingerprint density at radius 3 is 1.11 bits per heavy atom. The van der Waals surface area contributed by atoms with E-state index in [1.165, 1.54) is 75.9 Å². The maximum absolute atomic E-state index is 13.9. The highest BCUT2D eigenvalue weighted by molar-refractivity contribution is 6.33. The van der Waals surface area contributed by atoms with Crippen LogP contribution in [0.5, 0.6) is 51.7 Å². The van der Waals surface area contributed by atoms with Crippen molar-refractivity contribution in [3.63, 3.8) is 0 Å². The summed E-state index contributed by atoms with van der Waals surface area (Å²) >= 11 is 0. The molecule has 6 aliphatic carbocycles. The van der Waals surface area contributed by atoms with E-state index in [1.807, 2.05) is 41.5 Å². The molecule has 9 saturated heterocycles. The molecule has 21 rings (SSSR count). The van der Waals surface area contributed by atoms with Crippen molar-refractivity contribution in [2.24, 2.45) is 0 Å². The Kier molecular flexibility index (Phi) is 25.8. The standard InChI is InChI=1S/2C33H37NO13.C32H35NO12/c1-13-12-44-32(43-4)31-34(13)17-8-21(45-14(2)30(17)47-31)46-19-10-33(41,20(36)11-35)9-16-23(19)29(40)25-24(27(16)38)26(37)15-6-5-7-18(42-3)22(15)28(25)39;1-13-11-34-17-8-21(45-14(2)30(17)47-31(34)32(43-4)44-13)46-19-10-33(41,20(36)12-35)9-16-23(19)29(40)25-24(27(16)38)26(37)15-6-5-7-18(42-3)22(15)28(25)39;1-13-30-17(33-7-8-42-14(2)31(33)45-30)9-21(43-13)44-19-11-32(40,20(35)12-34)10-16-23(19)29(39)25-24(27(16)37)26(36)15-5-4-6-18(41-3)22(15)28(25)38/h2*5-7,13-14,17,19,21,30-32,35,38,40-41H,8-12H2,1-4H3;4-6,13-14,17,19,21,30-31,34,37,39-40H,7-12H2,1-3H3/t2*13?,14-,17-,19-,21-,30+,31+,32-,33-;13-,14+,17-,19-,21-,30+,31+,32-/m000/s1. The Morgan fingerprint density at radius 1 is 0.396 bits per heavy atom. The summed E-state index contributed by atoms with van der Waals surface area (Å²) in [6.07, 6.45) is -13.8. The second-order valence-electron chi connectivity index (χ2n) is 38.0. The Labute approximate surface area is 793 Å². The molecule has 0 radical (unpaired) electrons. The van der Waals surface area contributed by atoms with Gasteiger partial charge in [-0.3, -0.25) is 57.9 Å². The molecule has 15 aliphatic rings. The molecule has 9 fully saturated rings. The number of phenolic OH excluding ortho intramolecular Hbond substituents is 6. The molecule has 2 unspecified atom stereocenters. The first-order valence-corrected chi connectivity index (χ1v) is 46.2. The lowest BCUT2D eigenvalue weighted by Gasteiger charge is -2.45. The lowest BCUT2D eigenvalue weighted by atomic mass is 9.72. The van der Waals surface area contributed by atoms with Crippen molar-refractivity contribution in [3.8, 4) is 51.7 Å². The molecule has 9 aliphatic heterocycles. The van der Waals surface area contributed by atoms with Gasteiger partial charge in [-0.1, -0.05) is 36.4 Å². The van der Waals surface area contributed by atoms with Gasteiger partial charge in [-0.15, -0.1) is 0 Å². The molecular weight excluding hydrogens is 1830 g/mol. The largest absolute Gasteiger partial charge is 0.507 e. The van der Waals surface area contributed by atoms with Crippen LogP contribution in [0.4, 0.5) is 0 Å². The van der Waals surface area contributed by atoms with E-state index < -0.39 is 276 Å². The average Bonchev–Trinajstić information content (AvgIpc) is 1.65. The molecule has 41 heteroatoms. The predicted molar refractivity (Wildman–Crippen MR) is 469 cm³/mol. The highest BCUT2D eigenvalue weighted by Crippen LogP contribution is 2.59. The fourth-order valence-electron chi connectivity index (χ4n) is 23.6. The third-order valence-corrected chi connectivity index (χ3v) is 30.1. The average molecular weight is 1940 g/mol. The zero-order valence-electron chi connectivity index (χ0n) is 77.6. The molecule has 41 nitrogen and oxygen atoms in total. The number of aromatic hydroxyl groups is 6. The van der Waals surface area contributed by atoms with Gasteiger partial charge in [0.2, 0.25) is 17.3 Å². The number of aliphatic hydroxyl groups excluding tert-OH is 3. The molecule has 0 amide bonds. The number of aliphatic hydroxyl groups is 6. The summed E-state index contributed by atoms with van der Waals surface area (Å²) in [6, 6.07) is 12.8. The third-order valence-electron chi connectivity index (χ3n) is 30.1. The van der Waals surface area contributed by atoms with Crippen LogP contribution < -0.4 is 14.2 Å². The molecular formula is C98H109N3O38. The van der Waals surface area contributed by atoms with Crippen molar-refractivity contribution < 1.29 is 185 Å². The highest BCUT2D eigenvalue weighted by atomic mass is 16.7. The van der Waals surface area contributed by atoms with Gasteiger partial charge in [-0.05, 0) is 59.7 Å². The van der Waals surface area contributed by atoms with Gasteiger partial charge in [-0.25, -0.2) is 0 Å². The Bertz CT molecular complexity index is 6060. The zero-order chi connectivity index (χ0) is 99.0. The number of nitrogens with zero attached hydrogens (tertiary/aromatic N) is 3. The van der Waals surface area contributed by atoms with Gasteiger partial charge in [0.1, 0.15) is 113 Å². The number of Topliss-reactive ketones (excluding diaryl/α,β-unsaturated/α-hetero) is 3. The Balaban J connectivity index is 0.000000133. The molecule has 9 heterocycles. The van der Waals surface area contributed by atoms with Crippen LogP contribution in [-0.4, -0.2) is 350 Å². The molecule has 0 spiro atoms. The van der Waals surface area contributed by atoms with Crippen LogP contribution in [0.2, 0.25) is 0 Å². The lowest BCUT2D eigenvalue weighted by molar-refractivity contribution is -0.268. The van der Waals surface area contributed by atoms with E-state index in [1.54, 1.807) is 14.2 Å². The first-order chi connectivity index (χ1) is 66.3. The third kappa shape index (κ3) is 15.7. The fraction of sp³-hybridized carbons (Fsp3) is 0.541. The van der Waals surface area contributed by atoms with Gasteiger partial charge < -0.3 is 142 Å². The smallest absolute Gasteiger partial charge is 0.202 e. The quantitative estimate of drug-likeness (QED) is 0.0582. The number of benzene rings is 6. The summed E-state index contributed by atoms with van der Waals surface area (Å²) in [4.78, 5) is 128. The van der Waals surface area contributed by atoms with Crippen LogP contribution in [0.15, 0.2) is 54.6 Å². The summed E-state index contributed by atoms with van der Waals surface area (Å²) < 4.78 is 101. The van der Waals surface area contributed by atoms with Gasteiger partial charge in [0.25, 0.3) is 0 Å². The van der Waals surface area contributed by atoms with Gasteiger partial charge in [0.15, 0.2) is 78.6 Å². The number of morpholine rings is 3. The van der Waals surface area contributed by atoms with E-state index in [2.05, 4.69) is 14.7 Å². The van der Waals surface area contributed by atoms with Gasteiger partial charge in [0.05, 0.1) is 133 Å². The minimum atomic E-state index is -2.23. The van der Waals surface area contributed by atoms with Crippen LogP contribution in [0.25, 0.3) is 0 Å². The second-order valence-corrected chi connectivity index (χ2v) is 38.0. The summed E-state index contributed by atoms with van der Waals surface area (Å²) in [6.45, 7) is 10.5. The van der Waals surface area contributed by atoms with Crippen molar-refractivity contribution in [2.45, 2.75) is 258 Å². The maximum Gasteiger partial charge on any atom is 0.202 e. The second kappa shape index (κ2) is 36.9. The molecule has 26 atom stereocenters. The van der Waals surface area contributed by atoms with Crippen molar-refractivity contribution in [1.82, 2.24) is 14.7 Å². The van der Waals surface area contributed by atoms with E-state index in [0.717, 1.165) is 0 Å². The van der Waals surface area contributed by atoms with Crippen LogP contribution in [0.1, 0.15) is 227 Å². The predicted octanol–water partition coefficient (Wildman–Crippen LogP) is 3.33. The molecule has 6 aromatic carbocycles. The van der Waals surface area contributed by atoms with E-state index >= 15 is 0 Å². The molecule has 12 N–H and O–H groups in total. The number of methoxy groups -OCH3 is 5. The van der Waals surface area contributed by atoms with Crippen LogP contribution in [0.3, 0.4) is 0 Å². The number of carbonyl (C=O) groups is 9. The zero-order valence-corrected chi connectivity index (χ0v) is 77.6. The highest BCUT2D eigenvalue weighted by Gasteiger charge is 2.62. The molecule has 744 valence electrons. The van der Waals surface area contributed by atoms with E-state index in [-0.39, 0.29) is 158 Å². The number of fused-ring (bicyclic) bond motifs is 18. The van der Waals surface area contributed by atoms with Crippen LogP contribution in [0, 0.1) is 0 Å². The van der Waals surface area contributed by atoms with Gasteiger partial charge in [-0.2, -0.15) is 0 Å². The van der Waals surface area contributed by atoms with Crippen LogP contribution >= 0.6 is 0 Å². The van der Waals surface area contributed by atoms with E-state index in [9.17, 15) is 104 Å². The monoisotopic (exact) mass is 1940 g/mol. The Morgan fingerprint density at radius 2 is 0.741 bits per heavy atom. The topological polar surface area (TPSA) is 563 Å². The fourth-order valence-corrected chi connectivity index (χ4v) is 23.6. The summed E-state index contributed by atoms with van der Waals surface area (Å²) in [5, 5.41) is 134. The number of rotatable bonds is 17. The molecule has 6 aromatic rings. The molecule has 139 heavy (non-hydrogen) atoms. The number of ketones is 9. The number of hydrogen-bond donors (Lipinski definition) is 12. The van der Waals surface area contributed by atoms with Crippen molar-refractivity contribution in [1.29, 1.82) is 0 Å². The van der Waals surface area contributed by atoms with E-state index in [4.69, 9.17) is 80.5 Å². The van der Waals surface area contributed by atoms with Crippen molar-refractivity contribution in [3.05, 3.63) is 155 Å². The number of carbonyl (C=O) groups excluding carboxylic acids is 9. The minimum Gasteiger partial charge on any atom is -0.507 e. The molecule has 0 saturated carbocycles. The number of phenols is 6. The first kappa shape index (κ1) is 97.5. The molecule has 0 bridgehead atoms. The van der Waals surface area contributed by atoms with Gasteiger partial charge in [0, 0.05) is 159 Å². The summed E-state index contributed by atoms with van der Waals surface area (Å²) in [5.41, 5.74) is -10.2. The van der Waals surface area contributed by atoms with E-state index in [0.29, 0.717) is 32.7 Å². The van der Waals surface area contributed by atoms with Crippen molar-refractivity contribution >= 4 is 52.0 Å². The number of ether oxygens (including phenoxy) is 17. The van der Waals surface area contributed by atoms with Gasteiger partial charge >= 0.3 is 0 Å². The van der Waals surface area contributed by atoms with Crippen LogP contribution in [-0.2, 0) is 100.0 Å². The summed E-state index contributed by atoms with van der Waals surface area (Å²) in [5.74, 6) is -10.8. The number of hydrogen-bond acceptors (Lipinski definition) is 41. The summed E-state index contributed by atoms with van der Waals surface area (Å²) in [7, 11) is 7.12. The first-order valence-electron chi connectivity index (χ1n) is 46.2. The SMILES string of the molecule is COc1cccc2c1C(=O)c1c(O)c3c(c(O)c1C2=O)C[C@@](O)(C(=O)CO)C[C@@H]3O[C@H]1C[C@H]2[C@H](O[C@@H]3[C@@H](C)OCCN32)[C@H](C)O1.COc1cccc2c1C(=O)c1c(O)c3c(c(O)c1C2=O)C[C@@](O)(C(=O)CO)C[C@@H]3O[C@H]1C[C@H]2[C@H](O[C@@H]3[C@@H](OC)OC(C)CN32)[C@H](C)O1.COc1cccc2c1C(=O)c1c(O)c3c(c(O)c1C2=O)C[C@@](O)(C(=O)CO)C[C@@H]3O[C@H]1C[C@H]2[C@H](O[C@@H]3[C@@H](OC)OCC(C)N32)[C@H](C)O1. The van der Waals surface area contributed by atoms with Crippen molar-refractivity contribution in [2.75, 3.05) is 81.7 Å². The Hall–Kier alpha value is -10.4.